The summed E-state index contributed by atoms with van der Waals surface area (Å²) in [6.07, 6.45) is 7.45. The van der Waals surface area contributed by atoms with Crippen molar-refractivity contribution in [1.82, 2.24) is 4.90 Å². The van der Waals surface area contributed by atoms with E-state index < -0.39 is 0 Å². The predicted octanol–water partition coefficient (Wildman–Crippen LogP) is 6.54. The highest BCUT2D eigenvalue weighted by Gasteiger charge is 2.36. The second kappa shape index (κ2) is 10.5. The number of benzene rings is 2. The summed E-state index contributed by atoms with van der Waals surface area (Å²) in [5.41, 5.74) is 1.70. The molecule has 2 aliphatic rings. The number of hydrogen-bond donors (Lipinski definition) is 0. The van der Waals surface area contributed by atoms with Crippen LogP contribution in [-0.2, 0) is 11.4 Å². The van der Waals surface area contributed by atoms with Gasteiger partial charge in [-0.1, -0.05) is 61.2 Å². The minimum Gasteiger partial charge on any atom is -0.493 e. The smallest absolute Gasteiger partial charge is 0.293 e. The first-order chi connectivity index (χ1) is 15.5. The second-order valence-corrected chi connectivity index (χ2v) is 9.51. The van der Waals surface area contributed by atoms with Gasteiger partial charge in [0.25, 0.3) is 11.1 Å². The molecule has 4 rings (SSSR count). The Kier molecular flexibility index (Phi) is 7.43. The van der Waals surface area contributed by atoms with Crippen LogP contribution in [0.4, 0.5) is 4.79 Å². The van der Waals surface area contributed by atoms with Gasteiger partial charge in [0.1, 0.15) is 6.61 Å². The molecule has 1 saturated heterocycles. The Hall–Kier alpha value is -2.44. The number of ether oxygens (including phenoxy) is 2. The first-order valence-corrected chi connectivity index (χ1v) is 12.0. The van der Waals surface area contributed by atoms with Crippen LogP contribution in [0.1, 0.15) is 43.2 Å². The molecule has 1 aliphatic heterocycles. The van der Waals surface area contributed by atoms with E-state index in [2.05, 4.69) is 0 Å². The Bertz CT molecular complexity index is 1020. The van der Waals surface area contributed by atoms with Gasteiger partial charge in [0.2, 0.25) is 0 Å². The van der Waals surface area contributed by atoms with Gasteiger partial charge in [-0.05, 0) is 59.9 Å². The first kappa shape index (κ1) is 22.7. The van der Waals surface area contributed by atoms with Crippen LogP contribution in [-0.4, -0.2) is 29.7 Å². The maximum atomic E-state index is 12.9. The molecule has 2 amide bonds. The highest BCUT2D eigenvalue weighted by atomic mass is 35.5. The van der Waals surface area contributed by atoms with Crippen LogP contribution < -0.4 is 9.47 Å². The third kappa shape index (κ3) is 5.30. The Balaban J connectivity index is 1.50. The fourth-order valence-electron chi connectivity index (χ4n) is 4.13. The summed E-state index contributed by atoms with van der Waals surface area (Å²) in [7, 11) is 1.54. The van der Waals surface area contributed by atoms with Crippen molar-refractivity contribution in [3.8, 4) is 11.5 Å². The first-order valence-electron chi connectivity index (χ1n) is 10.8. The minimum atomic E-state index is -0.231. The van der Waals surface area contributed by atoms with Crippen LogP contribution in [0.3, 0.4) is 0 Å². The van der Waals surface area contributed by atoms with Gasteiger partial charge in [0.15, 0.2) is 11.5 Å². The molecule has 2 fully saturated rings. The van der Waals surface area contributed by atoms with Crippen LogP contribution in [0.5, 0.6) is 11.5 Å². The molecule has 0 N–H and O–H groups in total. The quantitative estimate of drug-likeness (QED) is 0.429. The van der Waals surface area contributed by atoms with Crippen molar-refractivity contribution in [2.24, 2.45) is 5.92 Å². The third-order valence-corrected chi connectivity index (χ3v) is 7.00. The Morgan fingerprint density at radius 3 is 2.59 bits per heavy atom. The zero-order valence-corrected chi connectivity index (χ0v) is 19.6. The molecular weight excluding hydrogens is 446 g/mol. The predicted molar refractivity (Wildman–Crippen MR) is 128 cm³/mol. The molecule has 0 bridgehead atoms. The van der Waals surface area contributed by atoms with Crippen LogP contribution in [0.25, 0.3) is 6.08 Å². The molecule has 1 saturated carbocycles. The summed E-state index contributed by atoms with van der Waals surface area (Å²) >= 11 is 7.46. The maximum Gasteiger partial charge on any atom is 0.293 e. The van der Waals surface area contributed by atoms with E-state index in [9.17, 15) is 9.59 Å². The topological polar surface area (TPSA) is 55.8 Å². The van der Waals surface area contributed by atoms with Crippen molar-refractivity contribution >= 4 is 40.6 Å². The normalized spacial score (nSPS) is 18.4. The van der Waals surface area contributed by atoms with E-state index in [0.29, 0.717) is 46.1 Å². The monoisotopic (exact) mass is 471 g/mol. The molecule has 0 aromatic heterocycles. The number of thioether (sulfide) groups is 1. The van der Waals surface area contributed by atoms with Crippen molar-refractivity contribution in [3.63, 3.8) is 0 Å². The summed E-state index contributed by atoms with van der Waals surface area (Å²) in [5, 5.41) is 0.181. The molecule has 7 heteroatoms. The fourth-order valence-corrected chi connectivity index (χ4v) is 5.25. The number of imide groups is 1. The highest BCUT2D eigenvalue weighted by Crippen LogP contribution is 2.40. The maximum absolute atomic E-state index is 12.9. The largest absolute Gasteiger partial charge is 0.493 e. The lowest BCUT2D eigenvalue weighted by molar-refractivity contribution is -0.123. The molecule has 1 aliphatic carbocycles. The lowest BCUT2D eigenvalue weighted by atomic mass is 9.89. The molecular formula is C25H26ClNO4S. The summed E-state index contributed by atoms with van der Waals surface area (Å²) in [4.78, 5) is 27.2. The van der Waals surface area contributed by atoms with Crippen LogP contribution in [0, 0.1) is 5.92 Å². The molecule has 0 radical (unpaired) electrons. The summed E-state index contributed by atoms with van der Waals surface area (Å²) < 4.78 is 11.4. The molecule has 5 nitrogen and oxygen atoms in total. The third-order valence-electron chi connectivity index (χ3n) is 5.81. The number of rotatable bonds is 7. The van der Waals surface area contributed by atoms with Crippen molar-refractivity contribution in [2.45, 2.75) is 38.7 Å². The number of carbonyl (C=O) groups is 2. The van der Waals surface area contributed by atoms with Crippen molar-refractivity contribution in [3.05, 3.63) is 63.5 Å². The number of methoxy groups -OCH3 is 1. The fraction of sp³-hybridized carbons (Fsp3) is 0.360. The zero-order valence-electron chi connectivity index (χ0n) is 18.0. The molecule has 2 aromatic carbocycles. The number of hydrogen-bond acceptors (Lipinski definition) is 5. The number of amides is 2. The molecule has 32 heavy (non-hydrogen) atoms. The zero-order chi connectivity index (χ0) is 22.5. The Labute approximate surface area is 197 Å². The van der Waals surface area contributed by atoms with E-state index in [4.69, 9.17) is 21.1 Å². The lowest BCUT2D eigenvalue weighted by Gasteiger charge is -2.25. The van der Waals surface area contributed by atoms with Gasteiger partial charge >= 0.3 is 0 Å². The van der Waals surface area contributed by atoms with Crippen molar-refractivity contribution in [1.29, 1.82) is 0 Å². The second-order valence-electron chi connectivity index (χ2n) is 8.10. The summed E-state index contributed by atoms with van der Waals surface area (Å²) in [6.45, 7) is 0.870. The molecule has 0 unspecified atom stereocenters. The van der Waals surface area contributed by atoms with Gasteiger partial charge in [-0.15, -0.1) is 0 Å². The molecule has 0 atom stereocenters. The molecule has 168 valence electrons. The average Bonchev–Trinajstić information content (AvgIpc) is 3.06. The van der Waals surface area contributed by atoms with E-state index in [1.807, 2.05) is 30.3 Å². The van der Waals surface area contributed by atoms with Gasteiger partial charge in [-0.25, -0.2) is 0 Å². The van der Waals surface area contributed by atoms with Gasteiger partial charge < -0.3 is 9.47 Å². The summed E-state index contributed by atoms with van der Waals surface area (Å²) in [5.74, 6) is 1.10. The van der Waals surface area contributed by atoms with E-state index in [-0.39, 0.29) is 11.1 Å². The lowest BCUT2D eigenvalue weighted by Crippen LogP contribution is -2.34. The number of carbonyl (C=O) groups excluding carboxylic acids is 2. The number of halogens is 1. The SMILES string of the molecule is COc1cc(/C=C2/SC(=O)N(CC3CCCCC3)C2=O)cc(Cl)c1OCc1ccccc1. The van der Waals surface area contributed by atoms with E-state index in [1.54, 1.807) is 25.3 Å². The minimum absolute atomic E-state index is 0.201. The molecule has 1 heterocycles. The molecule has 2 aromatic rings. The summed E-state index contributed by atoms with van der Waals surface area (Å²) in [6, 6.07) is 13.3. The molecule has 0 spiro atoms. The van der Waals surface area contributed by atoms with Crippen LogP contribution in [0.15, 0.2) is 47.4 Å². The van der Waals surface area contributed by atoms with Crippen molar-refractivity contribution < 1.29 is 19.1 Å². The average molecular weight is 472 g/mol. The van der Waals surface area contributed by atoms with E-state index in [0.717, 1.165) is 30.2 Å². The van der Waals surface area contributed by atoms with E-state index in [1.165, 1.54) is 24.2 Å². The van der Waals surface area contributed by atoms with Gasteiger partial charge in [0.05, 0.1) is 17.0 Å². The number of nitrogens with zero attached hydrogens (tertiary/aromatic N) is 1. The highest BCUT2D eigenvalue weighted by molar-refractivity contribution is 8.18. The van der Waals surface area contributed by atoms with Crippen molar-refractivity contribution in [2.75, 3.05) is 13.7 Å². The van der Waals surface area contributed by atoms with Gasteiger partial charge in [0, 0.05) is 6.54 Å². The standard InChI is InChI=1S/C25H26ClNO4S/c1-30-21-13-19(12-20(26)23(21)31-16-18-10-6-3-7-11-18)14-22-24(28)27(25(29)32-22)15-17-8-4-2-5-9-17/h3,6-7,10-14,17H,2,4-5,8-9,15-16H2,1H3/b22-14+. The Morgan fingerprint density at radius 2 is 1.88 bits per heavy atom. The van der Waals surface area contributed by atoms with Crippen LogP contribution >= 0.6 is 23.4 Å². The van der Waals surface area contributed by atoms with Gasteiger partial charge in [-0.2, -0.15) is 0 Å². The van der Waals surface area contributed by atoms with Gasteiger partial charge in [-0.3, -0.25) is 14.5 Å². The van der Waals surface area contributed by atoms with E-state index >= 15 is 0 Å². The van der Waals surface area contributed by atoms with Crippen LogP contribution in [0.2, 0.25) is 5.02 Å². The Morgan fingerprint density at radius 1 is 1.12 bits per heavy atom.